The summed E-state index contributed by atoms with van der Waals surface area (Å²) in [6.07, 6.45) is 1.45. The van der Waals surface area contributed by atoms with Crippen LogP contribution in [-0.4, -0.2) is 20.4 Å². The van der Waals surface area contributed by atoms with Gasteiger partial charge in [-0.25, -0.2) is 18.7 Å². The maximum Gasteiger partial charge on any atom is 0.286 e. The normalized spacial score (nSPS) is 10.8. The van der Waals surface area contributed by atoms with Crippen molar-refractivity contribution in [2.45, 2.75) is 27.0 Å². The van der Waals surface area contributed by atoms with E-state index in [4.69, 9.17) is 10.5 Å². The molecule has 3 aromatic rings. The van der Waals surface area contributed by atoms with E-state index in [1.54, 1.807) is 19.9 Å². The molecule has 1 amide bonds. The van der Waals surface area contributed by atoms with Crippen LogP contribution in [-0.2, 0) is 13.2 Å². The fourth-order valence-corrected chi connectivity index (χ4v) is 3.19. The van der Waals surface area contributed by atoms with Gasteiger partial charge in [-0.05, 0) is 41.9 Å². The van der Waals surface area contributed by atoms with Crippen LogP contribution in [0.25, 0.3) is 0 Å². The zero-order valence-electron chi connectivity index (χ0n) is 16.1. The summed E-state index contributed by atoms with van der Waals surface area (Å²) in [5.41, 5.74) is 6.70. The number of nitrogens with zero attached hydrogens (tertiary/aromatic N) is 3. The Hall–Kier alpha value is -3.14. The SMILES string of the molecule is Cc1nc(C(N)=O)ncc1Cn1c(C)cc(OCc2ccc(F)cc2F)c(Br)c1=O. The van der Waals surface area contributed by atoms with E-state index in [2.05, 4.69) is 25.9 Å². The van der Waals surface area contributed by atoms with E-state index in [0.717, 1.165) is 12.1 Å². The van der Waals surface area contributed by atoms with Crippen LogP contribution in [0.15, 0.2) is 39.7 Å². The summed E-state index contributed by atoms with van der Waals surface area (Å²) in [5.74, 6) is -2.02. The summed E-state index contributed by atoms with van der Waals surface area (Å²) in [5, 5.41) is 0. The number of hydrogen-bond donors (Lipinski definition) is 1. The molecule has 0 saturated heterocycles. The number of aromatic nitrogens is 3. The molecule has 30 heavy (non-hydrogen) atoms. The number of carbonyl (C=O) groups excluding carboxylic acids is 1. The van der Waals surface area contributed by atoms with Gasteiger partial charge < -0.3 is 15.0 Å². The Morgan fingerprint density at radius 1 is 1.23 bits per heavy atom. The summed E-state index contributed by atoms with van der Waals surface area (Å²) >= 11 is 3.23. The van der Waals surface area contributed by atoms with E-state index in [-0.39, 0.29) is 40.3 Å². The molecule has 0 bridgehead atoms. The van der Waals surface area contributed by atoms with E-state index in [1.165, 1.54) is 16.8 Å². The van der Waals surface area contributed by atoms with Gasteiger partial charge in [0.2, 0.25) is 5.82 Å². The van der Waals surface area contributed by atoms with Gasteiger partial charge in [-0.1, -0.05) is 0 Å². The Bertz CT molecular complexity index is 1200. The van der Waals surface area contributed by atoms with Crippen LogP contribution in [0, 0.1) is 25.5 Å². The Labute approximate surface area is 178 Å². The van der Waals surface area contributed by atoms with Crippen molar-refractivity contribution in [1.82, 2.24) is 14.5 Å². The monoisotopic (exact) mass is 478 g/mol. The summed E-state index contributed by atoms with van der Waals surface area (Å²) in [4.78, 5) is 32.0. The smallest absolute Gasteiger partial charge is 0.286 e. The van der Waals surface area contributed by atoms with Crippen molar-refractivity contribution >= 4 is 21.8 Å². The molecule has 0 aliphatic rings. The first-order chi connectivity index (χ1) is 14.2. The number of carbonyl (C=O) groups is 1. The molecule has 7 nitrogen and oxygen atoms in total. The number of primary amides is 1. The molecule has 0 fully saturated rings. The first kappa shape index (κ1) is 21.6. The lowest BCUT2D eigenvalue weighted by molar-refractivity contribution is 0.0990. The Morgan fingerprint density at radius 3 is 2.60 bits per heavy atom. The highest BCUT2D eigenvalue weighted by molar-refractivity contribution is 9.10. The molecule has 3 rings (SSSR count). The molecule has 156 valence electrons. The van der Waals surface area contributed by atoms with Crippen molar-refractivity contribution in [3.63, 3.8) is 0 Å². The molecule has 2 aromatic heterocycles. The topological polar surface area (TPSA) is 100 Å². The number of halogens is 3. The molecule has 2 heterocycles. The van der Waals surface area contributed by atoms with Crippen molar-refractivity contribution in [2.24, 2.45) is 5.73 Å². The molecule has 0 aliphatic heterocycles. The van der Waals surface area contributed by atoms with Crippen molar-refractivity contribution in [1.29, 1.82) is 0 Å². The summed E-state index contributed by atoms with van der Waals surface area (Å²) in [6.45, 7) is 3.40. The van der Waals surface area contributed by atoms with Crippen LogP contribution in [0.1, 0.15) is 33.1 Å². The lowest BCUT2D eigenvalue weighted by Crippen LogP contribution is -2.25. The molecule has 0 spiro atoms. The van der Waals surface area contributed by atoms with Crippen molar-refractivity contribution in [3.05, 3.63) is 85.3 Å². The zero-order valence-corrected chi connectivity index (χ0v) is 17.7. The average Bonchev–Trinajstić information content (AvgIpc) is 2.69. The number of hydrogen-bond acceptors (Lipinski definition) is 5. The highest BCUT2D eigenvalue weighted by Crippen LogP contribution is 2.24. The van der Waals surface area contributed by atoms with Crippen LogP contribution < -0.4 is 16.0 Å². The third kappa shape index (κ3) is 4.54. The molecule has 0 radical (unpaired) electrons. The van der Waals surface area contributed by atoms with Gasteiger partial charge in [0.15, 0.2) is 0 Å². The fraction of sp³-hybridized carbons (Fsp3) is 0.200. The van der Waals surface area contributed by atoms with Gasteiger partial charge in [0.1, 0.15) is 28.5 Å². The van der Waals surface area contributed by atoms with Gasteiger partial charge in [-0.15, -0.1) is 0 Å². The third-order valence-electron chi connectivity index (χ3n) is 4.44. The van der Waals surface area contributed by atoms with Crippen molar-refractivity contribution in [2.75, 3.05) is 0 Å². The summed E-state index contributed by atoms with van der Waals surface area (Å²) < 4.78 is 34.0. The summed E-state index contributed by atoms with van der Waals surface area (Å²) in [7, 11) is 0. The minimum absolute atomic E-state index is 0.0988. The standard InChI is InChI=1S/C20H17BrF2N4O3/c1-10-5-16(30-9-12-3-4-14(22)6-15(12)23)17(21)20(29)27(10)8-13-7-25-19(18(24)28)26-11(13)2/h3-7H,8-9H2,1-2H3,(H2,24,28). The Kier molecular flexibility index (Phi) is 6.25. The molecule has 0 unspecified atom stereocenters. The van der Waals surface area contributed by atoms with Gasteiger partial charge in [-0.2, -0.15) is 0 Å². The van der Waals surface area contributed by atoms with Crippen molar-refractivity contribution in [3.8, 4) is 5.75 Å². The Morgan fingerprint density at radius 2 is 1.97 bits per heavy atom. The van der Waals surface area contributed by atoms with Crippen molar-refractivity contribution < 1.29 is 18.3 Å². The highest BCUT2D eigenvalue weighted by Gasteiger charge is 2.15. The number of rotatable bonds is 6. The minimum atomic E-state index is -0.736. The molecular formula is C20H17BrF2N4O3. The van der Waals surface area contributed by atoms with Gasteiger partial charge >= 0.3 is 0 Å². The molecule has 10 heteroatoms. The Balaban J connectivity index is 1.86. The molecule has 0 aliphatic carbocycles. The van der Waals surface area contributed by atoms with Crippen LogP contribution in [0.5, 0.6) is 5.75 Å². The first-order valence-electron chi connectivity index (χ1n) is 8.76. The third-order valence-corrected chi connectivity index (χ3v) is 5.17. The van der Waals surface area contributed by atoms with Gasteiger partial charge in [-0.3, -0.25) is 9.59 Å². The van der Waals surface area contributed by atoms with Crippen LogP contribution in [0.4, 0.5) is 8.78 Å². The van der Waals surface area contributed by atoms with Gasteiger partial charge in [0, 0.05) is 40.8 Å². The van der Waals surface area contributed by atoms with E-state index >= 15 is 0 Å². The largest absolute Gasteiger partial charge is 0.487 e. The quantitative estimate of drug-likeness (QED) is 0.586. The fourth-order valence-electron chi connectivity index (χ4n) is 2.75. The molecule has 0 atom stereocenters. The lowest BCUT2D eigenvalue weighted by Gasteiger charge is -2.15. The molecule has 0 saturated carbocycles. The maximum absolute atomic E-state index is 13.8. The van der Waals surface area contributed by atoms with Gasteiger partial charge in [0.05, 0.1) is 6.54 Å². The molecule has 2 N–H and O–H groups in total. The molecular weight excluding hydrogens is 462 g/mol. The van der Waals surface area contributed by atoms with E-state index in [1.807, 2.05) is 0 Å². The second-order valence-corrected chi connectivity index (χ2v) is 7.34. The molecule has 1 aromatic carbocycles. The number of benzene rings is 1. The predicted octanol–water partition coefficient (Wildman–Crippen LogP) is 3.02. The van der Waals surface area contributed by atoms with Crippen LogP contribution in [0.3, 0.4) is 0 Å². The van der Waals surface area contributed by atoms with E-state index < -0.39 is 17.5 Å². The van der Waals surface area contributed by atoms with Crippen LogP contribution >= 0.6 is 15.9 Å². The predicted molar refractivity (Wildman–Crippen MR) is 108 cm³/mol. The van der Waals surface area contributed by atoms with Crippen LogP contribution in [0.2, 0.25) is 0 Å². The highest BCUT2D eigenvalue weighted by atomic mass is 79.9. The lowest BCUT2D eigenvalue weighted by atomic mass is 10.2. The number of amides is 1. The zero-order chi connectivity index (χ0) is 22.0. The number of pyridine rings is 1. The number of aryl methyl sites for hydroxylation is 2. The second-order valence-electron chi connectivity index (χ2n) is 6.55. The number of ether oxygens (including phenoxy) is 1. The van der Waals surface area contributed by atoms with E-state index in [0.29, 0.717) is 17.0 Å². The first-order valence-corrected chi connectivity index (χ1v) is 9.55. The minimum Gasteiger partial charge on any atom is -0.487 e. The second kappa shape index (κ2) is 8.70. The maximum atomic E-state index is 13.8. The van der Waals surface area contributed by atoms with E-state index in [9.17, 15) is 18.4 Å². The number of nitrogens with two attached hydrogens (primary N) is 1. The summed E-state index contributed by atoms with van der Waals surface area (Å²) in [6, 6.07) is 4.81. The average molecular weight is 479 g/mol. The van der Waals surface area contributed by atoms with Gasteiger partial charge in [0.25, 0.3) is 11.5 Å².